The van der Waals surface area contributed by atoms with Crippen LogP contribution in [0.25, 0.3) is 22.2 Å². The lowest BCUT2D eigenvalue weighted by molar-refractivity contribution is 0.0594. The number of β-amino-alcohol motifs (C(OH)–C–C–N with tert-alkyl or cyclic N) is 1. The highest BCUT2D eigenvalue weighted by Gasteiger charge is 2.22. The Balaban J connectivity index is 1.11. The van der Waals surface area contributed by atoms with Gasteiger partial charge in [0.15, 0.2) is 5.58 Å². The van der Waals surface area contributed by atoms with Gasteiger partial charge < -0.3 is 19.3 Å². The number of likely N-dealkylation sites (tertiary alicyclic amines) is 1. The van der Waals surface area contributed by atoms with E-state index < -0.39 is 6.10 Å². The second kappa shape index (κ2) is 9.73. The summed E-state index contributed by atoms with van der Waals surface area (Å²) in [5, 5.41) is 15.3. The SMILES string of the molecule is O[C@H](COc1ccc(-c2noc3cc(F)ccc23)cc1)CN1CCC(c2ccccc2)CC1. The summed E-state index contributed by atoms with van der Waals surface area (Å²) >= 11 is 0. The number of aromatic nitrogens is 1. The first-order valence-electron chi connectivity index (χ1n) is 11.4. The maximum Gasteiger partial charge on any atom is 0.170 e. The molecule has 1 fully saturated rings. The number of halogens is 1. The number of nitrogens with zero attached hydrogens (tertiary/aromatic N) is 2. The fourth-order valence-electron chi connectivity index (χ4n) is 4.55. The van der Waals surface area contributed by atoms with Gasteiger partial charge in [0.1, 0.15) is 30.0 Å². The van der Waals surface area contributed by atoms with Gasteiger partial charge in [-0.1, -0.05) is 35.5 Å². The molecule has 0 unspecified atom stereocenters. The van der Waals surface area contributed by atoms with Gasteiger partial charge in [-0.15, -0.1) is 0 Å². The molecule has 0 radical (unpaired) electrons. The Kier molecular flexibility index (Phi) is 6.37. The highest BCUT2D eigenvalue weighted by atomic mass is 19.1. The Hall–Kier alpha value is -3.22. The number of aliphatic hydroxyl groups excluding tert-OH is 1. The van der Waals surface area contributed by atoms with Gasteiger partial charge in [0, 0.05) is 23.6 Å². The van der Waals surface area contributed by atoms with Crippen LogP contribution in [0.15, 0.2) is 77.3 Å². The Labute approximate surface area is 192 Å². The van der Waals surface area contributed by atoms with Crippen LogP contribution in [0.3, 0.4) is 0 Å². The number of hydrogen-bond donors (Lipinski definition) is 1. The third-order valence-electron chi connectivity index (χ3n) is 6.33. The van der Waals surface area contributed by atoms with E-state index in [0.717, 1.165) is 36.9 Å². The quantitative estimate of drug-likeness (QED) is 0.420. The molecule has 1 saturated heterocycles. The standard InChI is InChI=1S/C27H27FN2O3/c28-22-8-11-25-26(16-22)33-29-27(25)21-6-9-24(10-7-21)32-18-23(31)17-30-14-12-20(13-15-30)19-4-2-1-3-5-19/h1-11,16,20,23,31H,12-15,17-18H2/t23-/m0/s1. The van der Waals surface area contributed by atoms with Crippen LogP contribution in [0.1, 0.15) is 24.3 Å². The zero-order valence-electron chi connectivity index (χ0n) is 18.4. The van der Waals surface area contributed by atoms with E-state index in [1.54, 1.807) is 6.07 Å². The fourth-order valence-corrected chi connectivity index (χ4v) is 4.55. The molecule has 1 atom stereocenters. The molecule has 2 heterocycles. The lowest BCUT2D eigenvalue weighted by Crippen LogP contribution is -2.40. The smallest absolute Gasteiger partial charge is 0.170 e. The zero-order valence-corrected chi connectivity index (χ0v) is 18.4. The molecule has 0 spiro atoms. The van der Waals surface area contributed by atoms with Crippen LogP contribution in [0.4, 0.5) is 4.39 Å². The van der Waals surface area contributed by atoms with Crippen LogP contribution in [0.2, 0.25) is 0 Å². The first kappa shape index (κ1) is 21.6. The third-order valence-corrected chi connectivity index (χ3v) is 6.33. The lowest BCUT2D eigenvalue weighted by atomic mass is 9.89. The number of hydrogen-bond acceptors (Lipinski definition) is 5. The molecule has 0 saturated carbocycles. The average Bonchev–Trinajstić information content (AvgIpc) is 3.27. The summed E-state index contributed by atoms with van der Waals surface area (Å²) < 4.78 is 24.4. The van der Waals surface area contributed by atoms with E-state index in [9.17, 15) is 9.50 Å². The molecule has 0 bridgehead atoms. The van der Waals surface area contributed by atoms with Crippen molar-refractivity contribution in [2.75, 3.05) is 26.2 Å². The van der Waals surface area contributed by atoms with Crippen molar-refractivity contribution in [1.82, 2.24) is 10.1 Å². The van der Waals surface area contributed by atoms with Crippen molar-refractivity contribution in [3.8, 4) is 17.0 Å². The summed E-state index contributed by atoms with van der Waals surface area (Å²) in [6.07, 6.45) is 1.68. The van der Waals surface area contributed by atoms with Crippen molar-refractivity contribution in [2.45, 2.75) is 24.9 Å². The average molecular weight is 447 g/mol. The normalized spacial score (nSPS) is 16.2. The monoisotopic (exact) mass is 446 g/mol. The van der Waals surface area contributed by atoms with Crippen LogP contribution in [0, 0.1) is 5.82 Å². The highest BCUT2D eigenvalue weighted by Crippen LogP contribution is 2.30. The predicted octanol–water partition coefficient (Wildman–Crippen LogP) is 5.25. The molecule has 5 nitrogen and oxygen atoms in total. The molecule has 3 aromatic carbocycles. The maximum atomic E-state index is 13.4. The Morgan fingerprint density at radius 2 is 1.79 bits per heavy atom. The minimum absolute atomic E-state index is 0.240. The molecule has 1 N–H and O–H groups in total. The second-order valence-corrected chi connectivity index (χ2v) is 8.65. The number of piperidine rings is 1. The van der Waals surface area contributed by atoms with Gasteiger partial charge in [-0.3, -0.25) is 0 Å². The van der Waals surface area contributed by atoms with Crippen LogP contribution >= 0.6 is 0 Å². The van der Waals surface area contributed by atoms with Crippen molar-refractivity contribution in [3.63, 3.8) is 0 Å². The molecule has 5 rings (SSSR count). The van der Waals surface area contributed by atoms with Gasteiger partial charge >= 0.3 is 0 Å². The van der Waals surface area contributed by atoms with Crippen LogP contribution in [0.5, 0.6) is 5.75 Å². The van der Waals surface area contributed by atoms with Crippen molar-refractivity contribution in [3.05, 3.63) is 84.2 Å². The number of ether oxygens (including phenoxy) is 1. The van der Waals surface area contributed by atoms with Crippen molar-refractivity contribution in [1.29, 1.82) is 0 Å². The summed E-state index contributed by atoms with van der Waals surface area (Å²) in [6.45, 7) is 2.83. The molecule has 170 valence electrons. The van der Waals surface area contributed by atoms with Crippen LogP contribution in [-0.4, -0.2) is 47.5 Å². The van der Waals surface area contributed by atoms with E-state index >= 15 is 0 Å². The summed E-state index contributed by atoms with van der Waals surface area (Å²) in [5.74, 6) is 0.933. The molecule has 1 aromatic heterocycles. The largest absolute Gasteiger partial charge is 0.491 e. The first-order valence-corrected chi connectivity index (χ1v) is 11.4. The van der Waals surface area contributed by atoms with Crippen LogP contribution in [-0.2, 0) is 0 Å². The molecule has 1 aliphatic rings. The number of rotatable bonds is 7. The predicted molar refractivity (Wildman–Crippen MR) is 126 cm³/mol. The second-order valence-electron chi connectivity index (χ2n) is 8.65. The molecule has 6 heteroatoms. The van der Waals surface area contributed by atoms with Crippen LogP contribution < -0.4 is 4.74 Å². The van der Waals surface area contributed by atoms with E-state index in [-0.39, 0.29) is 12.4 Å². The van der Waals surface area contributed by atoms with Gasteiger partial charge in [0.2, 0.25) is 0 Å². The molecule has 0 aliphatic carbocycles. The van der Waals surface area contributed by atoms with E-state index in [0.29, 0.717) is 29.5 Å². The van der Waals surface area contributed by atoms with E-state index in [4.69, 9.17) is 9.26 Å². The summed E-state index contributed by atoms with van der Waals surface area (Å²) in [6, 6.07) is 22.5. The van der Waals surface area contributed by atoms with Crippen molar-refractivity contribution in [2.24, 2.45) is 0 Å². The van der Waals surface area contributed by atoms with Crippen molar-refractivity contribution >= 4 is 11.0 Å². The minimum atomic E-state index is -0.549. The Morgan fingerprint density at radius 3 is 2.55 bits per heavy atom. The van der Waals surface area contributed by atoms with Gasteiger partial charge in [-0.25, -0.2) is 4.39 Å². The van der Waals surface area contributed by atoms with E-state index in [1.165, 1.54) is 17.7 Å². The molecule has 33 heavy (non-hydrogen) atoms. The number of aliphatic hydroxyl groups is 1. The minimum Gasteiger partial charge on any atom is -0.491 e. The lowest BCUT2D eigenvalue weighted by Gasteiger charge is -2.33. The van der Waals surface area contributed by atoms with E-state index in [2.05, 4.69) is 40.4 Å². The Bertz CT molecular complexity index is 1190. The Morgan fingerprint density at radius 1 is 1.03 bits per heavy atom. The summed E-state index contributed by atoms with van der Waals surface area (Å²) in [7, 11) is 0. The molecular weight excluding hydrogens is 419 g/mol. The summed E-state index contributed by atoms with van der Waals surface area (Å²) in [5.41, 5.74) is 3.35. The first-order chi connectivity index (χ1) is 16.2. The van der Waals surface area contributed by atoms with E-state index in [1.807, 2.05) is 24.3 Å². The maximum absolute atomic E-state index is 13.4. The number of fused-ring (bicyclic) bond motifs is 1. The molecule has 0 amide bonds. The third kappa shape index (κ3) is 5.07. The van der Waals surface area contributed by atoms with Gasteiger partial charge in [-0.2, -0.15) is 0 Å². The highest BCUT2D eigenvalue weighted by molar-refractivity contribution is 5.91. The summed E-state index contributed by atoms with van der Waals surface area (Å²) in [4.78, 5) is 2.31. The van der Waals surface area contributed by atoms with Crippen molar-refractivity contribution < 1.29 is 18.8 Å². The van der Waals surface area contributed by atoms with Gasteiger partial charge in [0.25, 0.3) is 0 Å². The molecular formula is C27H27FN2O3. The molecule has 1 aliphatic heterocycles. The zero-order chi connectivity index (χ0) is 22.6. The van der Waals surface area contributed by atoms with Gasteiger partial charge in [-0.05, 0) is 73.8 Å². The van der Waals surface area contributed by atoms with Gasteiger partial charge in [0.05, 0.1) is 0 Å². The topological polar surface area (TPSA) is 58.7 Å². The number of benzene rings is 3. The fraction of sp³-hybridized carbons (Fsp3) is 0.296. The molecule has 4 aromatic rings.